The van der Waals surface area contributed by atoms with Crippen molar-refractivity contribution in [3.05, 3.63) is 16.1 Å². The van der Waals surface area contributed by atoms with Crippen LogP contribution in [-0.2, 0) is 16.1 Å². The number of likely N-dealkylation sites (tertiary alicyclic amines) is 1. The maximum absolute atomic E-state index is 12.8. The smallest absolute Gasteiger partial charge is 0.230 e. The molecular weight excluding hydrogens is 298 g/mol. The van der Waals surface area contributed by atoms with Gasteiger partial charge in [0, 0.05) is 37.2 Å². The molecule has 0 radical (unpaired) electrons. The molecule has 1 aromatic heterocycles. The van der Waals surface area contributed by atoms with Crippen molar-refractivity contribution in [2.45, 2.75) is 52.3 Å². The summed E-state index contributed by atoms with van der Waals surface area (Å²) in [5.74, 6) is 0.163. The predicted octanol–water partition coefficient (Wildman–Crippen LogP) is 1.96. The second-order valence-corrected chi connectivity index (χ2v) is 7.69. The van der Waals surface area contributed by atoms with Gasteiger partial charge in [-0.3, -0.25) is 9.69 Å². The molecule has 0 bridgehead atoms. The van der Waals surface area contributed by atoms with Gasteiger partial charge < -0.3 is 10.1 Å². The molecule has 6 heteroatoms. The van der Waals surface area contributed by atoms with Crippen LogP contribution in [-0.4, -0.2) is 47.6 Å². The average Bonchev–Trinajstić information content (AvgIpc) is 3.05. The van der Waals surface area contributed by atoms with Crippen LogP contribution in [0.5, 0.6) is 0 Å². The molecular formula is C16H25N3O2S. The number of hydrogen-bond acceptors (Lipinski definition) is 5. The molecule has 1 amide bonds. The maximum atomic E-state index is 12.8. The van der Waals surface area contributed by atoms with Gasteiger partial charge in [-0.1, -0.05) is 0 Å². The van der Waals surface area contributed by atoms with Crippen LogP contribution < -0.4 is 5.32 Å². The first-order valence-corrected chi connectivity index (χ1v) is 8.93. The Hall–Kier alpha value is -0.980. The summed E-state index contributed by atoms with van der Waals surface area (Å²) in [6.45, 7) is 9.44. The highest BCUT2D eigenvalue weighted by molar-refractivity contribution is 7.09. The third kappa shape index (κ3) is 2.92. The monoisotopic (exact) mass is 323 g/mol. The molecule has 2 atom stereocenters. The third-order valence-corrected chi connectivity index (χ3v) is 5.70. The van der Waals surface area contributed by atoms with E-state index in [4.69, 9.17) is 4.74 Å². The lowest BCUT2D eigenvalue weighted by Gasteiger charge is -2.42. The molecule has 0 aliphatic carbocycles. The van der Waals surface area contributed by atoms with E-state index in [-0.39, 0.29) is 23.5 Å². The summed E-state index contributed by atoms with van der Waals surface area (Å²) in [7, 11) is 0. The normalized spacial score (nSPS) is 28.8. The van der Waals surface area contributed by atoms with Crippen molar-refractivity contribution < 1.29 is 9.53 Å². The van der Waals surface area contributed by atoms with Gasteiger partial charge in [0.2, 0.25) is 5.91 Å². The number of piperidine rings is 1. The van der Waals surface area contributed by atoms with E-state index < -0.39 is 0 Å². The van der Waals surface area contributed by atoms with Crippen LogP contribution in [0.25, 0.3) is 0 Å². The average molecular weight is 323 g/mol. The first kappa shape index (κ1) is 15.9. The molecule has 3 rings (SSSR count). The summed E-state index contributed by atoms with van der Waals surface area (Å²) in [5, 5.41) is 3.11. The fourth-order valence-corrected chi connectivity index (χ4v) is 4.39. The predicted molar refractivity (Wildman–Crippen MR) is 86.8 cm³/mol. The summed E-state index contributed by atoms with van der Waals surface area (Å²) in [4.78, 5) is 20.8. The zero-order chi connectivity index (χ0) is 15.7. The lowest BCUT2D eigenvalue weighted by atomic mass is 9.75. The van der Waals surface area contributed by atoms with Gasteiger partial charge in [0.1, 0.15) is 0 Å². The second-order valence-electron chi connectivity index (χ2n) is 6.75. The van der Waals surface area contributed by atoms with Crippen LogP contribution in [0.15, 0.2) is 5.51 Å². The third-order valence-electron chi connectivity index (χ3n) is 4.78. The molecule has 2 aliphatic rings. The van der Waals surface area contributed by atoms with Gasteiger partial charge in [-0.05, 0) is 33.6 Å². The number of hydrogen-bond donors (Lipinski definition) is 1. The van der Waals surface area contributed by atoms with Gasteiger partial charge in [0.05, 0.1) is 22.7 Å². The Morgan fingerprint density at radius 3 is 3.14 bits per heavy atom. The maximum Gasteiger partial charge on any atom is 0.230 e. The molecule has 1 aromatic rings. The van der Waals surface area contributed by atoms with Crippen LogP contribution in [0.3, 0.4) is 0 Å². The molecule has 2 aliphatic heterocycles. The fraction of sp³-hybridized carbons (Fsp3) is 0.750. The van der Waals surface area contributed by atoms with Gasteiger partial charge >= 0.3 is 0 Å². The first-order valence-electron chi connectivity index (χ1n) is 8.05. The summed E-state index contributed by atoms with van der Waals surface area (Å²) in [6.07, 6.45) is 1.84. The number of nitrogens with one attached hydrogen (secondary N) is 1. The molecule has 0 unspecified atom stereocenters. The zero-order valence-corrected chi connectivity index (χ0v) is 14.4. The van der Waals surface area contributed by atoms with Crippen LogP contribution in [0, 0.1) is 12.3 Å². The van der Waals surface area contributed by atoms with Crippen LogP contribution in [0.4, 0.5) is 0 Å². The quantitative estimate of drug-likeness (QED) is 0.920. The Bertz CT molecular complexity index is 545. The molecule has 122 valence electrons. The van der Waals surface area contributed by atoms with Crippen molar-refractivity contribution in [3.63, 3.8) is 0 Å². The van der Waals surface area contributed by atoms with Gasteiger partial charge in [-0.25, -0.2) is 4.98 Å². The van der Waals surface area contributed by atoms with Crippen molar-refractivity contribution in [1.29, 1.82) is 0 Å². The van der Waals surface area contributed by atoms with Crippen LogP contribution in [0.1, 0.15) is 37.3 Å². The molecule has 2 saturated heterocycles. The van der Waals surface area contributed by atoms with Gasteiger partial charge in [0.25, 0.3) is 0 Å². The Balaban J connectivity index is 1.75. The minimum atomic E-state index is -0.374. The highest BCUT2D eigenvalue weighted by atomic mass is 32.1. The number of carbonyl (C=O) groups excluding carboxylic acids is 1. The van der Waals surface area contributed by atoms with Crippen LogP contribution in [0.2, 0.25) is 0 Å². The second kappa shape index (κ2) is 6.26. The van der Waals surface area contributed by atoms with Crippen LogP contribution >= 0.6 is 11.3 Å². The molecule has 22 heavy (non-hydrogen) atoms. The zero-order valence-electron chi connectivity index (χ0n) is 13.6. The number of ether oxygens (including phenoxy) is 1. The molecule has 0 aromatic carbocycles. The van der Waals surface area contributed by atoms with Crippen molar-refractivity contribution >= 4 is 17.2 Å². The summed E-state index contributed by atoms with van der Waals surface area (Å²) >= 11 is 1.70. The highest BCUT2D eigenvalue weighted by Crippen LogP contribution is 2.41. The summed E-state index contributed by atoms with van der Waals surface area (Å²) in [5.41, 5.74) is 2.63. The van der Waals surface area contributed by atoms with Crippen molar-refractivity contribution in [2.24, 2.45) is 5.41 Å². The van der Waals surface area contributed by atoms with E-state index >= 15 is 0 Å². The number of carbonyl (C=O) groups is 1. The number of amides is 1. The van der Waals surface area contributed by atoms with Crippen molar-refractivity contribution in [1.82, 2.24) is 15.2 Å². The highest BCUT2D eigenvalue weighted by Gasteiger charge is 2.53. The van der Waals surface area contributed by atoms with E-state index in [9.17, 15) is 4.79 Å². The van der Waals surface area contributed by atoms with E-state index in [0.717, 1.165) is 38.2 Å². The number of fused-ring (bicyclic) bond motifs is 1. The lowest BCUT2D eigenvalue weighted by molar-refractivity contribution is -0.140. The summed E-state index contributed by atoms with van der Waals surface area (Å²) in [6, 6.07) is 0.169. The van der Waals surface area contributed by atoms with E-state index in [2.05, 4.69) is 22.1 Å². The van der Waals surface area contributed by atoms with E-state index in [0.29, 0.717) is 6.61 Å². The number of nitrogens with zero attached hydrogens (tertiary/aromatic N) is 2. The SMILES string of the molecule is Cc1ncsc1CN1CC[C@H]2OCC[C@@]2(C(=O)NC(C)C)C1. The van der Waals surface area contributed by atoms with E-state index in [1.165, 1.54) is 4.88 Å². The Morgan fingerprint density at radius 1 is 1.64 bits per heavy atom. The van der Waals surface area contributed by atoms with E-state index in [1.54, 1.807) is 11.3 Å². The number of aromatic nitrogens is 1. The largest absolute Gasteiger partial charge is 0.377 e. The molecule has 0 saturated carbocycles. The molecule has 3 heterocycles. The van der Waals surface area contributed by atoms with Gasteiger partial charge in [-0.2, -0.15) is 0 Å². The molecule has 1 N–H and O–H groups in total. The van der Waals surface area contributed by atoms with Crippen molar-refractivity contribution in [2.75, 3.05) is 19.7 Å². The van der Waals surface area contributed by atoms with Gasteiger partial charge in [-0.15, -0.1) is 11.3 Å². The first-order chi connectivity index (χ1) is 10.5. The number of aryl methyl sites for hydroxylation is 1. The Morgan fingerprint density at radius 2 is 2.45 bits per heavy atom. The molecule has 0 spiro atoms. The van der Waals surface area contributed by atoms with Crippen molar-refractivity contribution in [3.8, 4) is 0 Å². The number of thiazole rings is 1. The standard InChI is InChI=1S/C16H25N3O2S/c1-11(2)18-15(20)16-5-7-21-14(16)4-6-19(9-16)8-13-12(3)17-10-22-13/h10-11,14H,4-9H2,1-3H3,(H,18,20)/t14-,16-/m1/s1. The fourth-order valence-electron chi connectivity index (χ4n) is 3.58. The minimum Gasteiger partial charge on any atom is -0.377 e. The minimum absolute atomic E-state index is 0.0741. The molecule has 2 fully saturated rings. The van der Waals surface area contributed by atoms with Gasteiger partial charge in [0.15, 0.2) is 0 Å². The Labute approximate surface area is 136 Å². The lowest BCUT2D eigenvalue weighted by Crippen LogP contribution is -2.57. The summed E-state index contributed by atoms with van der Waals surface area (Å²) < 4.78 is 5.87. The molecule has 5 nitrogen and oxygen atoms in total. The topological polar surface area (TPSA) is 54.5 Å². The number of rotatable bonds is 4. The van der Waals surface area contributed by atoms with E-state index in [1.807, 2.05) is 19.4 Å². The Kier molecular flexibility index (Phi) is 4.52.